The van der Waals surface area contributed by atoms with Crippen LogP contribution >= 0.6 is 0 Å². The van der Waals surface area contributed by atoms with E-state index < -0.39 is 0 Å². The lowest BCUT2D eigenvalue weighted by Crippen LogP contribution is -2.16. The average molecular weight is 335 g/mol. The lowest BCUT2D eigenvalue weighted by atomic mass is 9.96. The molecule has 0 radical (unpaired) electrons. The van der Waals surface area contributed by atoms with E-state index in [9.17, 15) is 0 Å². The van der Waals surface area contributed by atoms with Crippen molar-refractivity contribution in [2.75, 3.05) is 0 Å². The fourth-order valence-electron chi connectivity index (χ4n) is 3.24. The van der Waals surface area contributed by atoms with Gasteiger partial charge >= 0.3 is 0 Å². The number of benzene rings is 1. The van der Waals surface area contributed by atoms with E-state index in [-0.39, 0.29) is 0 Å². The number of fused-ring (bicyclic) bond motifs is 1. The summed E-state index contributed by atoms with van der Waals surface area (Å²) in [5.41, 5.74) is 8.75. The molecule has 7 heteroatoms. The number of para-hydroxylation sites is 1. The quantitative estimate of drug-likeness (QED) is 0.716. The molecule has 1 saturated carbocycles. The standard InChI is InChI=1S/C18H21N7/c19-17(25-16-9-5-4-8-14(16)23-24-25)12-15(18-20-10-11-21-18)22-13-6-2-1-3-7-13/h4-5,8-13H,1-3,6-7,19H2,(H,20,21). The van der Waals surface area contributed by atoms with Gasteiger partial charge in [0.05, 0.1) is 11.6 Å². The van der Waals surface area contributed by atoms with Crippen molar-refractivity contribution in [2.45, 2.75) is 38.1 Å². The monoisotopic (exact) mass is 335 g/mol. The summed E-state index contributed by atoms with van der Waals surface area (Å²) in [5, 5.41) is 8.32. The maximum absolute atomic E-state index is 6.32. The van der Waals surface area contributed by atoms with Crippen molar-refractivity contribution in [3.05, 3.63) is 48.6 Å². The first-order chi connectivity index (χ1) is 12.3. The molecular weight excluding hydrogens is 314 g/mol. The Morgan fingerprint density at radius 3 is 2.88 bits per heavy atom. The number of imidazole rings is 1. The lowest BCUT2D eigenvalue weighted by Gasteiger charge is -2.18. The van der Waals surface area contributed by atoms with Gasteiger partial charge in [-0.15, -0.1) is 5.10 Å². The molecule has 1 fully saturated rings. The zero-order valence-corrected chi connectivity index (χ0v) is 14.0. The summed E-state index contributed by atoms with van der Waals surface area (Å²) in [7, 11) is 0. The van der Waals surface area contributed by atoms with Gasteiger partial charge in [0.1, 0.15) is 17.0 Å². The Hall–Kier alpha value is -2.96. The van der Waals surface area contributed by atoms with Crippen LogP contribution in [0, 0.1) is 0 Å². The topological polar surface area (TPSA) is 97.8 Å². The van der Waals surface area contributed by atoms with Crippen LogP contribution in [-0.4, -0.2) is 36.7 Å². The van der Waals surface area contributed by atoms with Gasteiger partial charge in [0.2, 0.25) is 0 Å². The lowest BCUT2D eigenvalue weighted by molar-refractivity contribution is 0.443. The average Bonchev–Trinajstić information content (AvgIpc) is 3.32. The minimum Gasteiger partial charge on any atom is -0.384 e. The van der Waals surface area contributed by atoms with Crippen LogP contribution in [0.25, 0.3) is 16.9 Å². The largest absolute Gasteiger partial charge is 0.384 e. The van der Waals surface area contributed by atoms with Crippen molar-refractivity contribution in [1.29, 1.82) is 0 Å². The molecule has 0 atom stereocenters. The SMILES string of the molecule is NC(=CC(=NC1CCCCC1)c1ncc[nH]1)n1nnc2ccccc21. The fourth-order valence-corrected chi connectivity index (χ4v) is 3.24. The van der Waals surface area contributed by atoms with Gasteiger partial charge in [-0.25, -0.2) is 4.98 Å². The normalized spacial score (nSPS) is 17.3. The molecule has 0 aliphatic heterocycles. The van der Waals surface area contributed by atoms with Crippen LogP contribution in [0.4, 0.5) is 0 Å². The molecule has 1 aromatic carbocycles. The Morgan fingerprint density at radius 2 is 2.08 bits per heavy atom. The van der Waals surface area contributed by atoms with Gasteiger partial charge in [-0.3, -0.25) is 4.99 Å². The number of hydrogen-bond acceptors (Lipinski definition) is 5. The number of H-pyrrole nitrogens is 1. The number of aliphatic imine (C=N–C) groups is 1. The molecule has 7 nitrogen and oxygen atoms in total. The van der Waals surface area contributed by atoms with E-state index in [4.69, 9.17) is 10.7 Å². The van der Waals surface area contributed by atoms with E-state index in [1.165, 1.54) is 19.3 Å². The predicted octanol–water partition coefficient (Wildman–Crippen LogP) is 2.73. The summed E-state index contributed by atoms with van der Waals surface area (Å²) >= 11 is 0. The number of hydrogen-bond donors (Lipinski definition) is 2. The van der Waals surface area contributed by atoms with E-state index in [0.29, 0.717) is 11.9 Å². The zero-order valence-electron chi connectivity index (χ0n) is 14.0. The Kier molecular flexibility index (Phi) is 4.28. The van der Waals surface area contributed by atoms with Gasteiger partial charge in [0.25, 0.3) is 0 Å². The minimum atomic E-state index is 0.324. The molecule has 2 aromatic heterocycles. The number of nitrogens with two attached hydrogens (primary N) is 1. The molecule has 0 saturated heterocycles. The summed E-state index contributed by atoms with van der Waals surface area (Å²) in [6, 6.07) is 8.06. The molecule has 3 N–H and O–H groups in total. The number of aromatic amines is 1. The molecule has 1 aliphatic carbocycles. The highest BCUT2D eigenvalue weighted by molar-refractivity contribution is 6.09. The Bertz CT molecular complexity index is 899. The molecule has 3 aromatic rings. The van der Waals surface area contributed by atoms with Crippen LogP contribution in [0.1, 0.15) is 37.9 Å². The minimum absolute atomic E-state index is 0.324. The Morgan fingerprint density at radius 1 is 1.24 bits per heavy atom. The highest BCUT2D eigenvalue weighted by Crippen LogP contribution is 2.21. The maximum Gasteiger partial charge on any atom is 0.155 e. The smallest absolute Gasteiger partial charge is 0.155 e. The fraction of sp³-hybridized carbons (Fsp3) is 0.333. The van der Waals surface area contributed by atoms with E-state index in [2.05, 4.69) is 20.3 Å². The highest BCUT2D eigenvalue weighted by atomic mass is 15.4. The third-order valence-corrected chi connectivity index (χ3v) is 4.52. The summed E-state index contributed by atoms with van der Waals surface area (Å²) in [4.78, 5) is 12.4. The van der Waals surface area contributed by atoms with Gasteiger partial charge in [-0.2, -0.15) is 4.68 Å². The van der Waals surface area contributed by atoms with Gasteiger partial charge in [-0.1, -0.05) is 36.6 Å². The first-order valence-corrected chi connectivity index (χ1v) is 8.67. The molecule has 0 amide bonds. The van der Waals surface area contributed by atoms with Gasteiger partial charge in [-0.05, 0) is 25.0 Å². The maximum atomic E-state index is 6.32. The van der Waals surface area contributed by atoms with E-state index in [1.807, 2.05) is 30.3 Å². The van der Waals surface area contributed by atoms with Crippen molar-refractivity contribution < 1.29 is 0 Å². The van der Waals surface area contributed by atoms with Gasteiger partial charge < -0.3 is 10.7 Å². The van der Waals surface area contributed by atoms with Crippen molar-refractivity contribution in [1.82, 2.24) is 25.0 Å². The summed E-state index contributed by atoms with van der Waals surface area (Å²) in [6.45, 7) is 0. The summed E-state index contributed by atoms with van der Waals surface area (Å²) in [5.74, 6) is 1.19. The highest BCUT2D eigenvalue weighted by Gasteiger charge is 2.15. The Balaban J connectivity index is 1.72. The number of allylic oxidation sites excluding steroid dienone is 1. The Labute approximate surface area is 145 Å². The third kappa shape index (κ3) is 3.31. The van der Waals surface area contributed by atoms with E-state index >= 15 is 0 Å². The van der Waals surface area contributed by atoms with Crippen LogP contribution in [0.3, 0.4) is 0 Å². The van der Waals surface area contributed by atoms with E-state index in [0.717, 1.165) is 35.4 Å². The molecule has 2 heterocycles. The number of nitrogens with one attached hydrogen (secondary N) is 1. The van der Waals surface area contributed by atoms with E-state index in [1.54, 1.807) is 17.1 Å². The molecule has 25 heavy (non-hydrogen) atoms. The van der Waals surface area contributed by atoms with Crippen molar-refractivity contribution in [2.24, 2.45) is 10.7 Å². The number of aromatic nitrogens is 5. The molecule has 0 bridgehead atoms. The molecular formula is C18H21N7. The predicted molar refractivity (Wildman–Crippen MR) is 98.0 cm³/mol. The number of nitrogens with zero attached hydrogens (tertiary/aromatic N) is 5. The second-order valence-corrected chi connectivity index (χ2v) is 6.30. The summed E-state index contributed by atoms with van der Waals surface area (Å²) < 4.78 is 1.63. The number of rotatable bonds is 4. The molecule has 0 spiro atoms. The van der Waals surface area contributed by atoms with Crippen molar-refractivity contribution in [3.63, 3.8) is 0 Å². The van der Waals surface area contributed by atoms with Crippen LogP contribution in [0.2, 0.25) is 0 Å². The van der Waals surface area contributed by atoms with Crippen LogP contribution in [0.5, 0.6) is 0 Å². The first-order valence-electron chi connectivity index (χ1n) is 8.67. The summed E-state index contributed by atoms with van der Waals surface area (Å²) in [6.07, 6.45) is 11.3. The van der Waals surface area contributed by atoms with Crippen LogP contribution in [0.15, 0.2) is 47.7 Å². The van der Waals surface area contributed by atoms with Crippen LogP contribution < -0.4 is 5.73 Å². The second kappa shape index (κ2) is 6.88. The molecule has 4 rings (SSSR count). The van der Waals surface area contributed by atoms with Gasteiger partial charge in [0, 0.05) is 18.5 Å². The van der Waals surface area contributed by atoms with Gasteiger partial charge in [0.15, 0.2) is 5.82 Å². The molecule has 128 valence electrons. The zero-order chi connectivity index (χ0) is 17.1. The second-order valence-electron chi connectivity index (χ2n) is 6.30. The molecule has 1 aliphatic rings. The van der Waals surface area contributed by atoms with Crippen molar-refractivity contribution >= 4 is 22.6 Å². The van der Waals surface area contributed by atoms with Crippen molar-refractivity contribution in [3.8, 4) is 0 Å². The van der Waals surface area contributed by atoms with Crippen LogP contribution in [-0.2, 0) is 0 Å². The molecule has 0 unspecified atom stereocenters. The first kappa shape index (κ1) is 15.6. The third-order valence-electron chi connectivity index (χ3n) is 4.52.